The van der Waals surface area contributed by atoms with Gasteiger partial charge in [0.15, 0.2) is 0 Å². The second kappa shape index (κ2) is 10.6. The lowest BCUT2D eigenvalue weighted by Crippen LogP contribution is -2.32. The van der Waals surface area contributed by atoms with E-state index in [1.807, 2.05) is 25.1 Å². The van der Waals surface area contributed by atoms with Crippen LogP contribution in [0.1, 0.15) is 24.5 Å². The van der Waals surface area contributed by atoms with Gasteiger partial charge in [0.25, 0.3) is 0 Å². The number of hydrogen-bond acceptors (Lipinski definition) is 4. The molecule has 124 valence electrons. The predicted octanol–water partition coefficient (Wildman–Crippen LogP) is 2.68. The van der Waals surface area contributed by atoms with Crippen molar-refractivity contribution < 1.29 is 9.53 Å². The van der Waals surface area contributed by atoms with E-state index >= 15 is 0 Å². The van der Waals surface area contributed by atoms with Crippen molar-refractivity contribution >= 4 is 30.8 Å². The van der Waals surface area contributed by atoms with Gasteiger partial charge in [-0.05, 0) is 24.5 Å². The lowest BCUT2D eigenvalue weighted by Gasteiger charge is -2.26. The monoisotopic (exact) mass is 346 g/mol. The second-order valence-corrected chi connectivity index (χ2v) is 4.97. The van der Waals surface area contributed by atoms with Crippen LogP contribution >= 0.6 is 24.8 Å². The Morgan fingerprint density at radius 2 is 2.05 bits per heavy atom. The lowest BCUT2D eigenvalue weighted by molar-refractivity contribution is -0.138. The number of carbonyl (C=O) groups excluding carboxylic acids is 1. The van der Waals surface area contributed by atoms with E-state index in [-0.39, 0.29) is 30.8 Å². The molecule has 2 rings (SSSR count). The number of rotatable bonds is 5. The first-order chi connectivity index (χ1) is 9.72. The fourth-order valence-electron chi connectivity index (χ4n) is 2.43. The molecule has 1 aliphatic rings. The quantitative estimate of drug-likeness (QED) is 0.832. The first-order valence-electron chi connectivity index (χ1n) is 7.09. The van der Waals surface area contributed by atoms with Gasteiger partial charge in [0.1, 0.15) is 0 Å². The zero-order chi connectivity index (χ0) is 14.4. The molecule has 1 aromatic rings. The molecule has 0 bridgehead atoms. The van der Waals surface area contributed by atoms with Crippen LogP contribution in [0.3, 0.4) is 0 Å². The van der Waals surface area contributed by atoms with Gasteiger partial charge in [-0.25, -0.2) is 4.79 Å². The van der Waals surface area contributed by atoms with Gasteiger partial charge < -0.3 is 10.5 Å². The SMILES string of the molecule is CCOC(=O)C1=CCCN(Cc2cccc(CN)c2)C1.Cl.Cl. The molecular formula is C16H24Cl2N2O2. The number of hydrogen-bond donors (Lipinski definition) is 1. The molecule has 0 aromatic heterocycles. The topological polar surface area (TPSA) is 55.6 Å². The molecule has 6 heteroatoms. The minimum atomic E-state index is -0.187. The van der Waals surface area contributed by atoms with Crippen LogP contribution in [0.5, 0.6) is 0 Å². The minimum Gasteiger partial charge on any atom is -0.463 e. The van der Waals surface area contributed by atoms with E-state index in [1.165, 1.54) is 5.56 Å². The Bertz CT molecular complexity index is 507. The number of esters is 1. The minimum absolute atomic E-state index is 0. The highest BCUT2D eigenvalue weighted by atomic mass is 35.5. The third kappa shape index (κ3) is 5.97. The number of nitrogens with zero attached hydrogens (tertiary/aromatic N) is 1. The molecule has 0 saturated carbocycles. The van der Waals surface area contributed by atoms with E-state index in [4.69, 9.17) is 10.5 Å². The van der Waals surface area contributed by atoms with Crippen molar-refractivity contribution in [2.45, 2.75) is 26.4 Å². The van der Waals surface area contributed by atoms with Crippen molar-refractivity contribution in [3.8, 4) is 0 Å². The summed E-state index contributed by atoms with van der Waals surface area (Å²) in [6.45, 7) is 5.28. The predicted molar refractivity (Wildman–Crippen MR) is 93.4 cm³/mol. The molecule has 0 amide bonds. The highest BCUT2D eigenvalue weighted by molar-refractivity contribution is 5.89. The summed E-state index contributed by atoms with van der Waals surface area (Å²) in [5, 5.41) is 0. The zero-order valence-corrected chi connectivity index (χ0v) is 14.4. The van der Waals surface area contributed by atoms with E-state index in [0.717, 1.165) is 30.6 Å². The third-order valence-corrected chi connectivity index (χ3v) is 3.40. The Morgan fingerprint density at radius 3 is 2.73 bits per heavy atom. The van der Waals surface area contributed by atoms with Crippen LogP contribution in [0.25, 0.3) is 0 Å². The van der Waals surface area contributed by atoms with Gasteiger partial charge >= 0.3 is 5.97 Å². The summed E-state index contributed by atoms with van der Waals surface area (Å²) < 4.78 is 5.07. The number of carbonyl (C=O) groups is 1. The van der Waals surface area contributed by atoms with E-state index in [1.54, 1.807) is 0 Å². The number of benzene rings is 1. The average molecular weight is 347 g/mol. The largest absolute Gasteiger partial charge is 0.463 e. The molecule has 2 N–H and O–H groups in total. The summed E-state index contributed by atoms with van der Waals surface area (Å²) in [5.41, 5.74) is 8.81. The zero-order valence-electron chi connectivity index (χ0n) is 12.8. The van der Waals surface area contributed by atoms with Gasteiger partial charge in [0, 0.05) is 31.8 Å². The normalized spacial score (nSPS) is 14.4. The molecule has 0 radical (unpaired) electrons. The van der Waals surface area contributed by atoms with Crippen LogP contribution in [0.4, 0.5) is 0 Å². The lowest BCUT2D eigenvalue weighted by atomic mass is 10.1. The Kier molecular flexibility index (Phi) is 10.1. The molecule has 0 fully saturated rings. The van der Waals surface area contributed by atoms with E-state index < -0.39 is 0 Å². The fourth-order valence-corrected chi connectivity index (χ4v) is 2.43. The highest BCUT2D eigenvalue weighted by Crippen LogP contribution is 2.15. The molecular weight excluding hydrogens is 323 g/mol. The summed E-state index contributed by atoms with van der Waals surface area (Å²) in [6, 6.07) is 8.29. The average Bonchev–Trinajstić information content (AvgIpc) is 2.48. The van der Waals surface area contributed by atoms with Crippen molar-refractivity contribution in [3.05, 3.63) is 47.0 Å². The summed E-state index contributed by atoms with van der Waals surface area (Å²) in [7, 11) is 0. The Morgan fingerprint density at radius 1 is 1.32 bits per heavy atom. The summed E-state index contributed by atoms with van der Waals surface area (Å²) in [4.78, 5) is 14.0. The van der Waals surface area contributed by atoms with Gasteiger partial charge in [0.2, 0.25) is 0 Å². The molecule has 0 atom stereocenters. The first-order valence-corrected chi connectivity index (χ1v) is 7.09. The van der Waals surface area contributed by atoms with E-state index in [0.29, 0.717) is 19.7 Å². The van der Waals surface area contributed by atoms with Crippen LogP contribution in [-0.2, 0) is 22.6 Å². The van der Waals surface area contributed by atoms with Gasteiger partial charge in [0.05, 0.1) is 6.61 Å². The van der Waals surface area contributed by atoms with Crippen LogP contribution in [0.15, 0.2) is 35.9 Å². The van der Waals surface area contributed by atoms with Crippen LogP contribution in [0.2, 0.25) is 0 Å². The van der Waals surface area contributed by atoms with Crippen LogP contribution in [-0.4, -0.2) is 30.6 Å². The Labute approximate surface area is 144 Å². The third-order valence-electron chi connectivity index (χ3n) is 3.40. The Balaban J connectivity index is 0.00000220. The van der Waals surface area contributed by atoms with Crippen LogP contribution in [0, 0.1) is 0 Å². The van der Waals surface area contributed by atoms with Gasteiger partial charge in [-0.1, -0.05) is 30.3 Å². The van der Waals surface area contributed by atoms with Crippen molar-refractivity contribution in [1.29, 1.82) is 0 Å². The maximum absolute atomic E-state index is 11.8. The number of nitrogens with two attached hydrogens (primary N) is 1. The standard InChI is InChI=1S/C16H22N2O2.2ClH/c1-2-20-16(19)15-7-4-8-18(12-15)11-14-6-3-5-13(9-14)10-17;;/h3,5-7,9H,2,4,8,10-12,17H2,1H3;2*1H. The molecule has 0 unspecified atom stereocenters. The molecule has 22 heavy (non-hydrogen) atoms. The molecule has 1 aromatic carbocycles. The molecule has 0 saturated heterocycles. The second-order valence-electron chi connectivity index (χ2n) is 4.97. The van der Waals surface area contributed by atoms with Crippen LogP contribution < -0.4 is 5.73 Å². The maximum atomic E-state index is 11.8. The Hall–Kier alpha value is -1.07. The highest BCUT2D eigenvalue weighted by Gasteiger charge is 2.18. The number of ether oxygens (including phenoxy) is 1. The van der Waals surface area contributed by atoms with Crippen molar-refractivity contribution in [2.24, 2.45) is 5.73 Å². The first kappa shape index (κ1) is 20.9. The maximum Gasteiger partial charge on any atom is 0.334 e. The summed E-state index contributed by atoms with van der Waals surface area (Å²) in [6.07, 6.45) is 2.88. The molecule has 4 nitrogen and oxygen atoms in total. The molecule has 1 aliphatic heterocycles. The van der Waals surface area contributed by atoms with Crippen molar-refractivity contribution in [2.75, 3.05) is 19.7 Å². The molecule has 1 heterocycles. The van der Waals surface area contributed by atoms with Crippen molar-refractivity contribution in [3.63, 3.8) is 0 Å². The molecule has 0 aliphatic carbocycles. The summed E-state index contributed by atoms with van der Waals surface area (Å²) in [5.74, 6) is -0.187. The van der Waals surface area contributed by atoms with Gasteiger partial charge in [-0.15, -0.1) is 24.8 Å². The number of halogens is 2. The smallest absolute Gasteiger partial charge is 0.334 e. The van der Waals surface area contributed by atoms with E-state index in [2.05, 4.69) is 17.0 Å². The molecule has 0 spiro atoms. The van der Waals surface area contributed by atoms with Gasteiger partial charge in [-0.3, -0.25) is 4.90 Å². The van der Waals surface area contributed by atoms with E-state index in [9.17, 15) is 4.79 Å². The van der Waals surface area contributed by atoms with Gasteiger partial charge in [-0.2, -0.15) is 0 Å². The summed E-state index contributed by atoms with van der Waals surface area (Å²) >= 11 is 0. The fraction of sp³-hybridized carbons (Fsp3) is 0.438. The van der Waals surface area contributed by atoms with Crippen molar-refractivity contribution in [1.82, 2.24) is 4.90 Å².